The van der Waals surface area contributed by atoms with Crippen LogP contribution in [0, 0.1) is 29.1 Å². The molecule has 0 aromatic heterocycles. The average Bonchev–Trinajstić information content (AvgIpc) is 3.12. The predicted molar refractivity (Wildman–Crippen MR) is 151 cm³/mol. The van der Waals surface area contributed by atoms with Gasteiger partial charge in [0.25, 0.3) is 0 Å². The predicted octanol–water partition coefficient (Wildman–Crippen LogP) is 8.54. The van der Waals surface area contributed by atoms with Crippen LogP contribution in [0.1, 0.15) is 95.9 Å². The highest BCUT2D eigenvalue weighted by Gasteiger charge is 2.51. The third-order valence-electron chi connectivity index (χ3n) is 8.04. The summed E-state index contributed by atoms with van der Waals surface area (Å²) in [6.45, 7) is 31.4. The molecule has 0 N–H and O–H groups in total. The van der Waals surface area contributed by atoms with Gasteiger partial charge in [-0.05, 0) is 75.9 Å². The molecule has 1 rings (SSSR count). The lowest BCUT2D eigenvalue weighted by Gasteiger charge is -2.44. The first-order chi connectivity index (χ1) is 16.1. The minimum atomic E-state index is -2.10. The van der Waals surface area contributed by atoms with Crippen LogP contribution in [-0.2, 0) is 18.7 Å². The van der Waals surface area contributed by atoms with E-state index in [-0.39, 0.29) is 30.0 Å². The van der Waals surface area contributed by atoms with Crippen molar-refractivity contribution in [2.45, 2.75) is 119 Å². The number of rotatable bonds is 13. The Bertz CT molecular complexity index is 678. The van der Waals surface area contributed by atoms with E-state index in [4.69, 9.17) is 13.9 Å². The quantitative estimate of drug-likeness (QED) is 0.142. The molecule has 0 aromatic carbocycles. The molecule has 1 fully saturated rings. The Morgan fingerprint density at radius 3 is 2.03 bits per heavy atom. The van der Waals surface area contributed by atoms with Gasteiger partial charge in [-0.15, -0.1) is 6.58 Å². The van der Waals surface area contributed by atoms with E-state index < -0.39 is 13.7 Å². The van der Waals surface area contributed by atoms with Crippen molar-refractivity contribution in [2.24, 2.45) is 29.1 Å². The normalized spacial score (nSPS) is 23.0. The fourth-order valence-corrected chi connectivity index (χ4v) is 11.4. The Kier molecular flexibility index (Phi) is 12.5. The Balaban J connectivity index is 3.21. The van der Waals surface area contributed by atoms with Gasteiger partial charge < -0.3 is 13.9 Å². The third-order valence-corrected chi connectivity index (χ3v) is 14.1. The van der Waals surface area contributed by atoms with Crippen LogP contribution < -0.4 is 0 Å². The Labute approximate surface area is 218 Å². The molecule has 1 aliphatic rings. The highest BCUT2D eigenvalue weighted by Crippen LogP contribution is 2.47. The first-order valence-corrected chi connectivity index (χ1v) is 16.0. The molecule has 0 saturated carbocycles. The molecule has 5 atom stereocenters. The molecule has 35 heavy (non-hydrogen) atoms. The van der Waals surface area contributed by atoms with E-state index in [1.807, 2.05) is 26.8 Å². The van der Waals surface area contributed by atoms with Gasteiger partial charge in [-0.2, -0.15) is 0 Å². The first-order valence-electron chi connectivity index (χ1n) is 13.8. The van der Waals surface area contributed by atoms with Crippen molar-refractivity contribution in [2.75, 3.05) is 13.2 Å². The molecule has 204 valence electrons. The van der Waals surface area contributed by atoms with Crippen LogP contribution in [-0.4, -0.2) is 33.8 Å². The van der Waals surface area contributed by atoms with E-state index >= 15 is 0 Å². The number of esters is 1. The summed E-state index contributed by atoms with van der Waals surface area (Å²) in [7, 11) is -2.10. The largest absolute Gasteiger partial charge is 0.465 e. The maximum absolute atomic E-state index is 12.6. The van der Waals surface area contributed by atoms with Crippen molar-refractivity contribution in [3.05, 3.63) is 24.3 Å². The Hall–Kier alpha value is -0.913. The zero-order chi connectivity index (χ0) is 27.1. The summed E-state index contributed by atoms with van der Waals surface area (Å²) in [5, 5.41) is 0. The number of hydrogen-bond acceptors (Lipinski definition) is 4. The molecule has 0 bridgehead atoms. The number of carbonyl (C=O) groups excluding carboxylic acids is 1. The standard InChI is InChI=1S/C30H56O4Si/c1-14-25-27(19-32-28(25)34-35(21(4)5,22(6)7)23(8)9)26(18-33-29(31)30(11,12)13)24(10)17-15-16-20(2)3/h14,16,21-28H,1,15,17-19H2,2-13H3/t24-,25+,26+,27-,28+/m1/s1. The molecule has 0 unspecified atom stereocenters. The number of allylic oxidation sites excluding steroid dienone is 2. The second kappa shape index (κ2) is 13.6. The Morgan fingerprint density at radius 2 is 1.60 bits per heavy atom. The fourth-order valence-electron chi connectivity index (χ4n) is 5.99. The zero-order valence-corrected chi connectivity index (χ0v) is 25.9. The van der Waals surface area contributed by atoms with Crippen LogP contribution in [0.25, 0.3) is 0 Å². The molecule has 0 aliphatic carbocycles. The van der Waals surface area contributed by atoms with Crippen molar-refractivity contribution in [3.63, 3.8) is 0 Å². The van der Waals surface area contributed by atoms with Crippen molar-refractivity contribution >= 4 is 14.3 Å². The van der Waals surface area contributed by atoms with E-state index in [9.17, 15) is 4.79 Å². The van der Waals surface area contributed by atoms with E-state index in [1.54, 1.807) is 0 Å². The monoisotopic (exact) mass is 508 g/mol. The molecule has 0 amide bonds. The molecule has 0 radical (unpaired) electrons. The highest BCUT2D eigenvalue weighted by atomic mass is 28.4. The van der Waals surface area contributed by atoms with Crippen LogP contribution >= 0.6 is 0 Å². The third kappa shape index (κ3) is 8.29. The molecule has 5 heteroatoms. The summed E-state index contributed by atoms with van der Waals surface area (Å²) >= 11 is 0. The van der Waals surface area contributed by atoms with Gasteiger partial charge in [0.15, 0.2) is 6.29 Å². The molecule has 1 aliphatic heterocycles. The van der Waals surface area contributed by atoms with Crippen LogP contribution in [0.4, 0.5) is 0 Å². The number of carbonyl (C=O) groups is 1. The van der Waals surface area contributed by atoms with Crippen LogP contribution in [0.15, 0.2) is 24.3 Å². The second-order valence-corrected chi connectivity index (χ2v) is 18.4. The second-order valence-electron chi connectivity index (χ2n) is 13.0. The minimum absolute atomic E-state index is 0.0855. The van der Waals surface area contributed by atoms with Crippen LogP contribution in [0.3, 0.4) is 0 Å². The van der Waals surface area contributed by atoms with Crippen molar-refractivity contribution in [1.29, 1.82) is 0 Å². The lowest BCUT2D eigenvalue weighted by Crippen LogP contribution is -2.51. The number of ether oxygens (including phenoxy) is 2. The molecule has 0 spiro atoms. The van der Waals surface area contributed by atoms with Crippen molar-refractivity contribution in [1.82, 2.24) is 0 Å². The number of hydrogen-bond donors (Lipinski definition) is 0. The molecule has 1 heterocycles. The lowest BCUT2D eigenvalue weighted by atomic mass is 9.75. The van der Waals surface area contributed by atoms with Gasteiger partial charge in [0.2, 0.25) is 8.32 Å². The molecule has 1 saturated heterocycles. The van der Waals surface area contributed by atoms with Gasteiger partial charge in [0.1, 0.15) is 0 Å². The summed E-state index contributed by atoms with van der Waals surface area (Å²) in [6.07, 6.45) is 6.14. The van der Waals surface area contributed by atoms with Crippen molar-refractivity contribution in [3.8, 4) is 0 Å². The smallest absolute Gasteiger partial charge is 0.311 e. The van der Waals surface area contributed by atoms with Gasteiger partial charge in [0, 0.05) is 11.8 Å². The van der Waals surface area contributed by atoms with Gasteiger partial charge in [-0.3, -0.25) is 4.79 Å². The van der Waals surface area contributed by atoms with Crippen molar-refractivity contribution < 1.29 is 18.7 Å². The maximum Gasteiger partial charge on any atom is 0.311 e. The van der Waals surface area contributed by atoms with Gasteiger partial charge in [0.05, 0.1) is 18.6 Å². The molecular formula is C30H56O4Si. The molecule has 4 nitrogen and oxygen atoms in total. The van der Waals surface area contributed by atoms with Crippen LogP contribution in [0.5, 0.6) is 0 Å². The highest BCUT2D eigenvalue weighted by molar-refractivity contribution is 6.77. The Morgan fingerprint density at radius 1 is 1.06 bits per heavy atom. The van der Waals surface area contributed by atoms with Gasteiger partial charge in [-0.1, -0.05) is 66.2 Å². The zero-order valence-electron chi connectivity index (χ0n) is 24.9. The van der Waals surface area contributed by atoms with E-state index in [0.717, 1.165) is 12.8 Å². The summed E-state index contributed by atoms with van der Waals surface area (Å²) in [5.41, 5.74) is 2.29. The van der Waals surface area contributed by atoms with Gasteiger partial charge in [-0.25, -0.2) is 0 Å². The lowest BCUT2D eigenvalue weighted by molar-refractivity contribution is -0.155. The fraction of sp³-hybridized carbons (Fsp3) is 0.833. The minimum Gasteiger partial charge on any atom is -0.465 e. The maximum atomic E-state index is 12.6. The molecular weight excluding hydrogens is 452 g/mol. The van der Waals surface area contributed by atoms with E-state index in [2.05, 4.69) is 75.0 Å². The summed E-state index contributed by atoms with van der Waals surface area (Å²) in [6, 6.07) is 0. The summed E-state index contributed by atoms with van der Waals surface area (Å²) in [5.74, 6) is 0.728. The van der Waals surface area contributed by atoms with Crippen LogP contribution in [0.2, 0.25) is 16.6 Å². The van der Waals surface area contributed by atoms with E-state index in [0.29, 0.717) is 35.8 Å². The van der Waals surface area contributed by atoms with Gasteiger partial charge >= 0.3 is 5.97 Å². The summed E-state index contributed by atoms with van der Waals surface area (Å²) in [4.78, 5) is 12.6. The molecule has 0 aromatic rings. The first kappa shape index (κ1) is 32.1. The summed E-state index contributed by atoms with van der Waals surface area (Å²) < 4.78 is 19.4. The average molecular weight is 509 g/mol. The van der Waals surface area contributed by atoms with E-state index in [1.165, 1.54) is 5.57 Å². The SMILES string of the molecule is C=C[C@@H]1[C@H](O[Si](C(C)C)(C(C)C)C(C)C)OC[C@H]1[C@@H](COC(=O)C(C)(C)C)[C@H](C)CCC=C(C)C. The topological polar surface area (TPSA) is 44.8 Å².